The van der Waals surface area contributed by atoms with Crippen molar-refractivity contribution in [2.75, 3.05) is 26.4 Å². The van der Waals surface area contributed by atoms with Crippen LogP contribution in [0.1, 0.15) is 52.9 Å². The van der Waals surface area contributed by atoms with E-state index in [9.17, 15) is 4.79 Å². The minimum atomic E-state index is -0.453. The molecule has 2 unspecified atom stereocenters. The highest BCUT2D eigenvalue weighted by Gasteiger charge is 2.25. The first-order chi connectivity index (χ1) is 10.4. The third-order valence-corrected chi connectivity index (χ3v) is 3.53. The fourth-order valence-electron chi connectivity index (χ4n) is 2.63. The SMILES string of the molecule is CC(C)(C)OC(=O)NC1CCCC(NCCCOCCO)C1. The van der Waals surface area contributed by atoms with Gasteiger partial charge in [0, 0.05) is 18.7 Å². The Hall–Kier alpha value is -0.850. The molecule has 2 atom stereocenters. The average molecular weight is 316 g/mol. The molecule has 0 aromatic heterocycles. The fourth-order valence-corrected chi connectivity index (χ4v) is 2.63. The van der Waals surface area contributed by atoms with Gasteiger partial charge in [0.25, 0.3) is 0 Å². The molecule has 130 valence electrons. The number of alkyl carbamates (subject to hydrolysis) is 1. The van der Waals surface area contributed by atoms with Crippen molar-refractivity contribution in [3.8, 4) is 0 Å². The lowest BCUT2D eigenvalue weighted by Gasteiger charge is -2.31. The maximum absolute atomic E-state index is 11.8. The number of nitrogens with one attached hydrogen (secondary N) is 2. The van der Waals surface area contributed by atoms with Crippen molar-refractivity contribution in [3.05, 3.63) is 0 Å². The van der Waals surface area contributed by atoms with Gasteiger partial charge in [0.1, 0.15) is 5.60 Å². The van der Waals surface area contributed by atoms with E-state index in [1.54, 1.807) is 0 Å². The molecule has 3 N–H and O–H groups in total. The molecule has 0 radical (unpaired) electrons. The summed E-state index contributed by atoms with van der Waals surface area (Å²) in [4.78, 5) is 11.8. The predicted octanol–water partition coefficient (Wildman–Crippen LogP) is 1.81. The van der Waals surface area contributed by atoms with Gasteiger partial charge in [-0.05, 0) is 59.4 Å². The zero-order valence-electron chi connectivity index (χ0n) is 14.2. The molecule has 1 rings (SSSR count). The topological polar surface area (TPSA) is 79.8 Å². The molecule has 1 saturated carbocycles. The maximum Gasteiger partial charge on any atom is 0.407 e. The van der Waals surface area contributed by atoms with Gasteiger partial charge < -0.3 is 25.2 Å². The van der Waals surface area contributed by atoms with Gasteiger partial charge in [-0.2, -0.15) is 0 Å². The van der Waals surface area contributed by atoms with Crippen molar-refractivity contribution in [1.29, 1.82) is 0 Å². The Morgan fingerprint density at radius 3 is 2.64 bits per heavy atom. The van der Waals surface area contributed by atoms with E-state index in [1.807, 2.05) is 20.8 Å². The second-order valence-corrected chi connectivity index (χ2v) is 6.85. The number of aliphatic hydroxyl groups excluding tert-OH is 1. The number of hydrogen-bond acceptors (Lipinski definition) is 5. The summed E-state index contributed by atoms with van der Waals surface area (Å²) < 4.78 is 10.5. The monoisotopic (exact) mass is 316 g/mol. The largest absolute Gasteiger partial charge is 0.444 e. The zero-order valence-corrected chi connectivity index (χ0v) is 14.2. The van der Waals surface area contributed by atoms with Crippen molar-refractivity contribution >= 4 is 6.09 Å². The minimum absolute atomic E-state index is 0.0774. The van der Waals surface area contributed by atoms with Crippen molar-refractivity contribution in [2.24, 2.45) is 0 Å². The molecular weight excluding hydrogens is 284 g/mol. The molecule has 6 heteroatoms. The summed E-state index contributed by atoms with van der Waals surface area (Å²) in [6.45, 7) is 7.67. The molecule has 0 spiro atoms. The fraction of sp³-hybridized carbons (Fsp3) is 0.938. The highest BCUT2D eigenvalue weighted by Crippen LogP contribution is 2.19. The molecule has 22 heavy (non-hydrogen) atoms. The van der Waals surface area contributed by atoms with Crippen LogP contribution in [0.4, 0.5) is 4.79 Å². The van der Waals surface area contributed by atoms with Crippen LogP contribution in [0.25, 0.3) is 0 Å². The van der Waals surface area contributed by atoms with E-state index in [2.05, 4.69) is 10.6 Å². The summed E-state index contributed by atoms with van der Waals surface area (Å²) >= 11 is 0. The number of carbonyl (C=O) groups is 1. The van der Waals surface area contributed by atoms with Gasteiger partial charge >= 0.3 is 6.09 Å². The Morgan fingerprint density at radius 2 is 1.95 bits per heavy atom. The summed E-state index contributed by atoms with van der Waals surface area (Å²) in [6.07, 6.45) is 4.81. The Labute approximate surface area is 133 Å². The molecule has 0 saturated heterocycles. The van der Waals surface area contributed by atoms with Crippen LogP contribution in [-0.4, -0.2) is 55.2 Å². The molecule has 0 aliphatic heterocycles. The van der Waals surface area contributed by atoms with Gasteiger partial charge in [-0.15, -0.1) is 0 Å². The van der Waals surface area contributed by atoms with Crippen LogP contribution in [0.2, 0.25) is 0 Å². The van der Waals surface area contributed by atoms with Gasteiger partial charge in [-0.3, -0.25) is 0 Å². The van der Waals surface area contributed by atoms with Crippen molar-refractivity contribution in [2.45, 2.75) is 70.6 Å². The lowest BCUT2D eigenvalue weighted by molar-refractivity contribution is 0.0488. The van der Waals surface area contributed by atoms with Crippen LogP contribution < -0.4 is 10.6 Å². The molecule has 6 nitrogen and oxygen atoms in total. The Kier molecular flexibility index (Phi) is 8.75. The number of amides is 1. The second-order valence-electron chi connectivity index (χ2n) is 6.85. The van der Waals surface area contributed by atoms with Crippen molar-refractivity contribution in [3.63, 3.8) is 0 Å². The van der Waals surface area contributed by atoms with Crippen molar-refractivity contribution < 1.29 is 19.4 Å². The second kappa shape index (κ2) is 10.0. The lowest BCUT2D eigenvalue weighted by Crippen LogP contribution is -2.45. The molecule has 1 fully saturated rings. The van der Waals surface area contributed by atoms with Gasteiger partial charge in [-0.1, -0.05) is 0 Å². The summed E-state index contributed by atoms with van der Waals surface area (Å²) in [5.41, 5.74) is -0.453. The van der Waals surface area contributed by atoms with Crippen LogP contribution in [-0.2, 0) is 9.47 Å². The summed E-state index contributed by atoms with van der Waals surface area (Å²) in [5, 5.41) is 15.1. The standard InChI is InChI=1S/C16H32N2O4/c1-16(2,3)22-15(20)18-14-7-4-6-13(12-14)17-8-5-10-21-11-9-19/h13-14,17,19H,4-12H2,1-3H3,(H,18,20). The quantitative estimate of drug-likeness (QED) is 0.595. The van der Waals surface area contributed by atoms with Crippen LogP contribution in [0.5, 0.6) is 0 Å². The number of rotatable bonds is 8. The van der Waals surface area contributed by atoms with Gasteiger partial charge in [0.05, 0.1) is 13.2 Å². The molecule has 0 bridgehead atoms. The molecule has 1 aliphatic rings. The van der Waals surface area contributed by atoms with E-state index in [-0.39, 0.29) is 18.7 Å². The molecule has 0 aromatic carbocycles. The third kappa shape index (κ3) is 9.23. The Morgan fingerprint density at radius 1 is 1.23 bits per heavy atom. The Balaban J connectivity index is 2.17. The Bertz CT molecular complexity index is 318. The molecule has 0 heterocycles. The summed E-state index contributed by atoms with van der Waals surface area (Å²) in [7, 11) is 0. The molecule has 0 aromatic rings. The molecular formula is C16H32N2O4. The zero-order chi connectivity index (χ0) is 16.4. The average Bonchev–Trinajstić information content (AvgIpc) is 2.41. The van der Waals surface area contributed by atoms with E-state index < -0.39 is 5.60 Å². The first kappa shape index (κ1) is 19.2. The van der Waals surface area contributed by atoms with Gasteiger partial charge in [0.2, 0.25) is 0 Å². The molecule has 1 amide bonds. The van der Waals surface area contributed by atoms with Crippen molar-refractivity contribution in [1.82, 2.24) is 10.6 Å². The number of hydrogen-bond donors (Lipinski definition) is 3. The first-order valence-corrected chi connectivity index (χ1v) is 8.32. The van der Waals surface area contributed by atoms with E-state index in [1.165, 1.54) is 0 Å². The summed E-state index contributed by atoms with van der Waals surface area (Å²) in [6, 6.07) is 0.623. The van der Waals surface area contributed by atoms with E-state index in [0.717, 1.165) is 38.6 Å². The highest BCUT2D eigenvalue weighted by atomic mass is 16.6. The molecule has 1 aliphatic carbocycles. The van der Waals surface area contributed by atoms with E-state index >= 15 is 0 Å². The lowest BCUT2D eigenvalue weighted by atomic mass is 9.91. The normalized spacial score (nSPS) is 22.4. The van der Waals surface area contributed by atoms with Crippen LogP contribution >= 0.6 is 0 Å². The van der Waals surface area contributed by atoms with Gasteiger partial charge in [-0.25, -0.2) is 4.79 Å². The first-order valence-electron chi connectivity index (χ1n) is 8.32. The number of ether oxygens (including phenoxy) is 2. The van der Waals surface area contributed by atoms with Crippen LogP contribution in [0, 0.1) is 0 Å². The minimum Gasteiger partial charge on any atom is -0.444 e. The highest BCUT2D eigenvalue weighted by molar-refractivity contribution is 5.68. The third-order valence-electron chi connectivity index (χ3n) is 3.53. The predicted molar refractivity (Wildman–Crippen MR) is 85.9 cm³/mol. The summed E-state index contributed by atoms with van der Waals surface area (Å²) in [5.74, 6) is 0. The van der Waals surface area contributed by atoms with Crippen LogP contribution in [0.15, 0.2) is 0 Å². The smallest absolute Gasteiger partial charge is 0.407 e. The number of aliphatic hydroxyl groups is 1. The van der Waals surface area contributed by atoms with Crippen LogP contribution in [0.3, 0.4) is 0 Å². The maximum atomic E-state index is 11.8. The number of carbonyl (C=O) groups excluding carboxylic acids is 1. The van der Waals surface area contributed by atoms with E-state index in [4.69, 9.17) is 14.6 Å². The van der Waals surface area contributed by atoms with E-state index in [0.29, 0.717) is 19.3 Å². The van der Waals surface area contributed by atoms with Gasteiger partial charge in [0.15, 0.2) is 0 Å².